The van der Waals surface area contributed by atoms with Gasteiger partial charge in [-0.3, -0.25) is 4.79 Å². The number of rotatable bonds is 6. The van der Waals surface area contributed by atoms with Crippen molar-refractivity contribution in [1.82, 2.24) is 0 Å². The van der Waals surface area contributed by atoms with Gasteiger partial charge in [0.25, 0.3) is 5.91 Å². The van der Waals surface area contributed by atoms with E-state index < -0.39 is 6.10 Å². The lowest BCUT2D eigenvalue weighted by Gasteiger charge is -2.17. The number of aliphatic hydroxyl groups excluding tert-OH is 1. The summed E-state index contributed by atoms with van der Waals surface area (Å²) in [5.74, 6) is 0.302. The van der Waals surface area contributed by atoms with Gasteiger partial charge in [0.05, 0.1) is 0 Å². The van der Waals surface area contributed by atoms with Crippen LogP contribution in [0.3, 0.4) is 0 Å². The summed E-state index contributed by atoms with van der Waals surface area (Å²) in [6.45, 7) is 1.85. The van der Waals surface area contributed by atoms with E-state index in [4.69, 9.17) is 16.3 Å². The summed E-state index contributed by atoms with van der Waals surface area (Å²) in [5.41, 5.74) is 2.85. The predicted octanol–water partition coefficient (Wildman–Crippen LogP) is 4.75. The molecule has 3 aromatic rings. The molecule has 0 radical (unpaired) electrons. The Balaban J connectivity index is 1.72. The van der Waals surface area contributed by atoms with Crippen LogP contribution in [-0.4, -0.2) is 17.6 Å². The number of nitrogens with one attached hydrogen (secondary N) is 1. The number of amides is 1. The minimum atomic E-state index is -0.904. The van der Waals surface area contributed by atoms with Crippen molar-refractivity contribution in [3.63, 3.8) is 0 Å². The van der Waals surface area contributed by atoms with E-state index in [0.717, 1.165) is 5.56 Å². The van der Waals surface area contributed by atoms with E-state index in [0.29, 0.717) is 27.6 Å². The van der Waals surface area contributed by atoms with Crippen LogP contribution in [0.25, 0.3) is 0 Å². The van der Waals surface area contributed by atoms with Gasteiger partial charge in [-0.15, -0.1) is 0 Å². The molecule has 2 N–H and O–H groups in total. The number of carbonyl (C=O) groups excluding carboxylic acids is 1. The summed E-state index contributed by atoms with van der Waals surface area (Å²) < 4.78 is 5.50. The average molecular weight is 382 g/mol. The molecule has 1 amide bonds. The Morgan fingerprint density at radius 3 is 2.48 bits per heavy atom. The third-order valence-corrected chi connectivity index (χ3v) is 4.32. The summed E-state index contributed by atoms with van der Waals surface area (Å²) in [4.78, 5) is 12.3. The van der Waals surface area contributed by atoms with Gasteiger partial charge in [-0.1, -0.05) is 59.6 Å². The van der Waals surface area contributed by atoms with Gasteiger partial charge in [-0.2, -0.15) is 0 Å². The van der Waals surface area contributed by atoms with Crippen LogP contribution in [0.15, 0.2) is 72.8 Å². The first-order valence-corrected chi connectivity index (χ1v) is 8.92. The largest absolute Gasteiger partial charge is 0.484 e. The standard InChI is InChI=1S/C22H20ClNO3/c1-15-7-10-18(11-8-15)27-14-21(25)24-20-12-9-17(23)13-19(20)22(26)16-5-3-2-4-6-16/h2-13,22,26H,14H2,1H3,(H,24,25). The van der Waals surface area contributed by atoms with Crippen LogP contribution in [0, 0.1) is 6.92 Å². The van der Waals surface area contributed by atoms with E-state index in [1.54, 1.807) is 18.2 Å². The molecular weight excluding hydrogens is 362 g/mol. The van der Waals surface area contributed by atoms with Gasteiger partial charge in [0.1, 0.15) is 11.9 Å². The number of benzene rings is 3. The van der Waals surface area contributed by atoms with Crippen molar-refractivity contribution < 1.29 is 14.6 Å². The second-order valence-electron chi connectivity index (χ2n) is 6.19. The Bertz CT molecular complexity index is 911. The number of hydrogen-bond acceptors (Lipinski definition) is 3. The van der Waals surface area contributed by atoms with Gasteiger partial charge in [0.15, 0.2) is 6.61 Å². The molecule has 0 saturated heterocycles. The number of aliphatic hydroxyl groups is 1. The normalized spacial score (nSPS) is 11.7. The van der Waals surface area contributed by atoms with E-state index in [-0.39, 0.29) is 12.5 Å². The fraction of sp³-hybridized carbons (Fsp3) is 0.136. The van der Waals surface area contributed by atoms with Crippen LogP contribution in [0.5, 0.6) is 5.75 Å². The number of anilines is 1. The first kappa shape index (κ1) is 19.0. The maximum Gasteiger partial charge on any atom is 0.262 e. The Labute approximate surface area is 163 Å². The topological polar surface area (TPSA) is 58.6 Å². The molecule has 1 unspecified atom stereocenters. The van der Waals surface area contributed by atoms with Gasteiger partial charge >= 0.3 is 0 Å². The van der Waals surface area contributed by atoms with Crippen molar-refractivity contribution in [1.29, 1.82) is 0 Å². The molecule has 4 nitrogen and oxygen atoms in total. The molecule has 27 heavy (non-hydrogen) atoms. The Morgan fingerprint density at radius 1 is 1.07 bits per heavy atom. The third-order valence-electron chi connectivity index (χ3n) is 4.09. The first-order valence-electron chi connectivity index (χ1n) is 8.55. The zero-order valence-corrected chi connectivity index (χ0v) is 15.6. The van der Waals surface area contributed by atoms with Crippen molar-refractivity contribution in [3.8, 4) is 5.75 Å². The highest BCUT2D eigenvalue weighted by molar-refractivity contribution is 6.30. The molecule has 3 aromatic carbocycles. The molecule has 0 spiro atoms. The summed E-state index contributed by atoms with van der Waals surface area (Å²) in [7, 11) is 0. The Kier molecular flexibility index (Phi) is 6.12. The summed E-state index contributed by atoms with van der Waals surface area (Å²) in [6, 6.07) is 21.6. The molecule has 0 aliphatic heterocycles. The minimum absolute atomic E-state index is 0.132. The molecule has 0 fully saturated rings. The summed E-state index contributed by atoms with van der Waals surface area (Å²) in [5, 5.41) is 14.0. The lowest BCUT2D eigenvalue weighted by Crippen LogP contribution is -2.21. The number of halogens is 1. The fourth-order valence-corrected chi connectivity index (χ4v) is 2.84. The highest BCUT2D eigenvalue weighted by Crippen LogP contribution is 2.30. The molecular formula is C22H20ClNO3. The molecule has 138 valence electrons. The average Bonchev–Trinajstić information content (AvgIpc) is 2.69. The first-order chi connectivity index (χ1) is 13.0. The van der Waals surface area contributed by atoms with E-state index in [1.165, 1.54) is 0 Å². The highest BCUT2D eigenvalue weighted by Gasteiger charge is 2.17. The van der Waals surface area contributed by atoms with Gasteiger partial charge < -0.3 is 15.2 Å². The SMILES string of the molecule is Cc1ccc(OCC(=O)Nc2ccc(Cl)cc2C(O)c2ccccc2)cc1. The predicted molar refractivity (Wildman–Crippen MR) is 107 cm³/mol. The fourth-order valence-electron chi connectivity index (χ4n) is 2.66. The molecule has 5 heteroatoms. The molecule has 0 heterocycles. The quantitative estimate of drug-likeness (QED) is 0.648. The second-order valence-corrected chi connectivity index (χ2v) is 6.63. The number of hydrogen-bond donors (Lipinski definition) is 2. The lowest BCUT2D eigenvalue weighted by molar-refractivity contribution is -0.118. The van der Waals surface area contributed by atoms with Crippen LogP contribution < -0.4 is 10.1 Å². The molecule has 0 saturated carbocycles. The summed E-state index contributed by atoms with van der Waals surface area (Å²) in [6.07, 6.45) is -0.904. The Hall–Kier alpha value is -2.82. The zero-order valence-electron chi connectivity index (χ0n) is 14.9. The second kappa shape index (κ2) is 8.71. The van der Waals surface area contributed by atoms with Crippen molar-refractivity contribution >= 4 is 23.2 Å². The van der Waals surface area contributed by atoms with Crippen molar-refractivity contribution in [2.45, 2.75) is 13.0 Å². The van der Waals surface area contributed by atoms with Crippen LogP contribution in [0.1, 0.15) is 22.8 Å². The smallest absolute Gasteiger partial charge is 0.262 e. The molecule has 3 rings (SSSR count). The number of ether oxygens (including phenoxy) is 1. The molecule has 0 bridgehead atoms. The third kappa shape index (κ3) is 5.09. The van der Waals surface area contributed by atoms with Crippen LogP contribution in [0.4, 0.5) is 5.69 Å². The molecule has 0 aromatic heterocycles. The van der Waals surface area contributed by atoms with E-state index in [1.807, 2.05) is 61.5 Å². The molecule has 0 aliphatic rings. The Morgan fingerprint density at radius 2 is 1.78 bits per heavy atom. The van der Waals surface area contributed by atoms with Crippen LogP contribution in [-0.2, 0) is 4.79 Å². The van der Waals surface area contributed by atoms with Crippen molar-refractivity contribution in [3.05, 3.63) is 94.5 Å². The van der Waals surface area contributed by atoms with Crippen LogP contribution in [0.2, 0.25) is 5.02 Å². The zero-order chi connectivity index (χ0) is 19.2. The van der Waals surface area contributed by atoms with E-state index in [9.17, 15) is 9.90 Å². The van der Waals surface area contributed by atoms with Gasteiger partial charge in [0, 0.05) is 16.3 Å². The number of carbonyl (C=O) groups is 1. The minimum Gasteiger partial charge on any atom is -0.484 e. The maximum absolute atomic E-state index is 12.3. The van der Waals surface area contributed by atoms with Gasteiger partial charge in [-0.25, -0.2) is 0 Å². The van der Waals surface area contributed by atoms with E-state index in [2.05, 4.69) is 5.32 Å². The summed E-state index contributed by atoms with van der Waals surface area (Å²) >= 11 is 6.09. The van der Waals surface area contributed by atoms with Crippen molar-refractivity contribution in [2.24, 2.45) is 0 Å². The van der Waals surface area contributed by atoms with Crippen LogP contribution >= 0.6 is 11.6 Å². The van der Waals surface area contributed by atoms with Crippen molar-refractivity contribution in [2.75, 3.05) is 11.9 Å². The van der Waals surface area contributed by atoms with Gasteiger partial charge in [-0.05, 0) is 42.8 Å². The highest BCUT2D eigenvalue weighted by atomic mass is 35.5. The van der Waals surface area contributed by atoms with E-state index >= 15 is 0 Å². The lowest BCUT2D eigenvalue weighted by atomic mass is 10.00. The molecule has 0 aliphatic carbocycles. The number of aryl methyl sites for hydroxylation is 1. The monoisotopic (exact) mass is 381 g/mol. The van der Waals surface area contributed by atoms with Gasteiger partial charge in [0.2, 0.25) is 0 Å². The maximum atomic E-state index is 12.3. The molecule has 1 atom stereocenters.